The third-order valence-corrected chi connectivity index (χ3v) is 3.78. The predicted octanol–water partition coefficient (Wildman–Crippen LogP) is 4.63. The van der Waals surface area contributed by atoms with Crippen LogP contribution < -0.4 is 0 Å². The molecule has 0 unspecified atom stereocenters. The number of phenols is 1. The number of phenolic OH excluding ortho intramolecular Hbond substituents is 1. The largest absolute Gasteiger partial charge is 0.508 e. The molecule has 17 heavy (non-hydrogen) atoms. The molecular weight excluding hydrogens is 208 g/mol. The van der Waals surface area contributed by atoms with Gasteiger partial charge in [0.1, 0.15) is 5.75 Å². The average Bonchev–Trinajstić information content (AvgIpc) is 2.38. The van der Waals surface area contributed by atoms with Crippen LogP contribution in [0.2, 0.25) is 0 Å². The Morgan fingerprint density at radius 3 is 2.35 bits per heavy atom. The summed E-state index contributed by atoms with van der Waals surface area (Å²) in [5.41, 5.74) is 1.39. The van der Waals surface area contributed by atoms with Crippen molar-refractivity contribution in [2.24, 2.45) is 5.92 Å². The van der Waals surface area contributed by atoms with E-state index in [1.165, 1.54) is 31.2 Å². The van der Waals surface area contributed by atoms with E-state index in [-0.39, 0.29) is 0 Å². The van der Waals surface area contributed by atoms with Crippen molar-refractivity contribution in [3.05, 3.63) is 42.0 Å². The SMILES string of the molecule is CC/C=C/C1CCC(c2ccc(O)cc2)CC1. The van der Waals surface area contributed by atoms with E-state index in [0.29, 0.717) is 11.7 Å². The first-order chi connectivity index (χ1) is 8.29. The van der Waals surface area contributed by atoms with Crippen molar-refractivity contribution in [1.29, 1.82) is 0 Å². The standard InChI is InChI=1S/C16H22O/c1-2-3-4-13-5-7-14(8-6-13)15-9-11-16(17)12-10-15/h3-4,9-14,17H,2,5-8H2,1H3/b4-3+. The molecule has 0 heterocycles. The van der Waals surface area contributed by atoms with Crippen LogP contribution >= 0.6 is 0 Å². The Morgan fingerprint density at radius 2 is 1.76 bits per heavy atom. The Hall–Kier alpha value is -1.24. The molecule has 1 aliphatic rings. The molecule has 0 bridgehead atoms. The van der Waals surface area contributed by atoms with Crippen molar-refractivity contribution in [3.8, 4) is 5.75 Å². The average molecular weight is 230 g/mol. The van der Waals surface area contributed by atoms with Gasteiger partial charge in [-0.05, 0) is 61.6 Å². The normalized spacial score (nSPS) is 25.2. The van der Waals surface area contributed by atoms with Gasteiger partial charge in [0.15, 0.2) is 0 Å². The summed E-state index contributed by atoms with van der Waals surface area (Å²) in [6, 6.07) is 7.75. The van der Waals surface area contributed by atoms with Crippen molar-refractivity contribution < 1.29 is 5.11 Å². The Labute approximate surface area is 104 Å². The summed E-state index contributed by atoms with van der Waals surface area (Å²) < 4.78 is 0. The molecule has 0 spiro atoms. The molecule has 1 aliphatic carbocycles. The fraction of sp³-hybridized carbons (Fsp3) is 0.500. The van der Waals surface area contributed by atoms with E-state index in [9.17, 15) is 5.11 Å². The fourth-order valence-electron chi connectivity index (χ4n) is 2.72. The van der Waals surface area contributed by atoms with Gasteiger partial charge in [-0.15, -0.1) is 0 Å². The maximum absolute atomic E-state index is 9.29. The van der Waals surface area contributed by atoms with Gasteiger partial charge in [-0.2, -0.15) is 0 Å². The van der Waals surface area contributed by atoms with Gasteiger partial charge >= 0.3 is 0 Å². The molecule has 1 aromatic carbocycles. The molecule has 0 aliphatic heterocycles. The number of aromatic hydroxyl groups is 1. The molecule has 92 valence electrons. The zero-order valence-electron chi connectivity index (χ0n) is 10.6. The van der Waals surface area contributed by atoms with Crippen LogP contribution in [0.5, 0.6) is 5.75 Å². The van der Waals surface area contributed by atoms with Gasteiger partial charge in [-0.1, -0.05) is 31.2 Å². The van der Waals surface area contributed by atoms with Crippen LogP contribution in [0.3, 0.4) is 0 Å². The quantitative estimate of drug-likeness (QED) is 0.750. The van der Waals surface area contributed by atoms with E-state index in [1.807, 2.05) is 0 Å². The lowest BCUT2D eigenvalue weighted by Gasteiger charge is -2.27. The van der Waals surface area contributed by atoms with E-state index < -0.39 is 0 Å². The fourth-order valence-corrected chi connectivity index (χ4v) is 2.72. The van der Waals surface area contributed by atoms with E-state index >= 15 is 0 Å². The van der Waals surface area contributed by atoms with Gasteiger partial charge in [0.25, 0.3) is 0 Å². The molecule has 0 aromatic heterocycles. The Bertz CT molecular complexity index is 356. The van der Waals surface area contributed by atoms with Crippen molar-refractivity contribution in [2.45, 2.75) is 44.9 Å². The number of benzene rings is 1. The highest BCUT2D eigenvalue weighted by molar-refractivity contribution is 5.28. The van der Waals surface area contributed by atoms with Crippen LogP contribution in [0.1, 0.15) is 50.5 Å². The number of allylic oxidation sites excluding steroid dienone is 2. The second-order valence-corrected chi connectivity index (χ2v) is 5.04. The minimum Gasteiger partial charge on any atom is -0.508 e. The molecule has 0 atom stereocenters. The van der Waals surface area contributed by atoms with E-state index in [2.05, 4.69) is 31.2 Å². The molecule has 0 amide bonds. The van der Waals surface area contributed by atoms with Crippen molar-refractivity contribution in [1.82, 2.24) is 0 Å². The lowest BCUT2D eigenvalue weighted by atomic mass is 9.78. The summed E-state index contributed by atoms with van der Waals surface area (Å²) in [7, 11) is 0. The van der Waals surface area contributed by atoms with E-state index in [0.717, 1.165) is 12.3 Å². The van der Waals surface area contributed by atoms with Crippen molar-refractivity contribution >= 4 is 0 Å². The molecule has 1 N–H and O–H groups in total. The zero-order chi connectivity index (χ0) is 12.1. The zero-order valence-corrected chi connectivity index (χ0v) is 10.6. The molecule has 1 fully saturated rings. The first kappa shape index (κ1) is 12.2. The van der Waals surface area contributed by atoms with Crippen LogP contribution in [0.4, 0.5) is 0 Å². The van der Waals surface area contributed by atoms with Crippen molar-refractivity contribution in [2.75, 3.05) is 0 Å². The van der Waals surface area contributed by atoms with Gasteiger partial charge in [-0.25, -0.2) is 0 Å². The lowest BCUT2D eigenvalue weighted by Crippen LogP contribution is -2.11. The number of hydrogen-bond acceptors (Lipinski definition) is 1. The minimum absolute atomic E-state index is 0.369. The third kappa shape index (κ3) is 3.36. The van der Waals surface area contributed by atoms with Crippen LogP contribution in [-0.2, 0) is 0 Å². The first-order valence-electron chi connectivity index (χ1n) is 6.75. The monoisotopic (exact) mass is 230 g/mol. The third-order valence-electron chi connectivity index (χ3n) is 3.78. The molecular formula is C16H22O. The minimum atomic E-state index is 0.369. The summed E-state index contributed by atoms with van der Waals surface area (Å²) in [5.74, 6) is 1.86. The summed E-state index contributed by atoms with van der Waals surface area (Å²) in [6.45, 7) is 2.19. The van der Waals surface area contributed by atoms with Crippen LogP contribution in [0.15, 0.2) is 36.4 Å². The Kier molecular flexibility index (Phi) is 4.24. The molecule has 1 aromatic rings. The van der Waals surface area contributed by atoms with Crippen LogP contribution in [-0.4, -0.2) is 5.11 Å². The highest BCUT2D eigenvalue weighted by atomic mass is 16.3. The van der Waals surface area contributed by atoms with Gasteiger partial charge < -0.3 is 5.11 Å². The molecule has 2 rings (SSSR count). The van der Waals surface area contributed by atoms with Gasteiger partial charge in [-0.3, -0.25) is 0 Å². The predicted molar refractivity (Wildman–Crippen MR) is 72.2 cm³/mol. The molecule has 0 radical (unpaired) electrons. The van der Waals surface area contributed by atoms with E-state index in [1.54, 1.807) is 12.1 Å². The molecule has 1 nitrogen and oxygen atoms in total. The second kappa shape index (κ2) is 5.90. The van der Waals surface area contributed by atoms with Crippen LogP contribution in [0.25, 0.3) is 0 Å². The highest BCUT2D eigenvalue weighted by Crippen LogP contribution is 2.36. The van der Waals surface area contributed by atoms with E-state index in [4.69, 9.17) is 0 Å². The number of rotatable bonds is 3. The molecule has 1 heteroatoms. The van der Waals surface area contributed by atoms with Crippen LogP contribution in [0, 0.1) is 5.92 Å². The van der Waals surface area contributed by atoms with Gasteiger partial charge in [0, 0.05) is 0 Å². The second-order valence-electron chi connectivity index (χ2n) is 5.04. The summed E-state index contributed by atoms with van der Waals surface area (Å²) in [6.07, 6.45) is 11.0. The molecule has 1 saturated carbocycles. The number of hydrogen-bond donors (Lipinski definition) is 1. The Morgan fingerprint density at radius 1 is 1.12 bits per heavy atom. The van der Waals surface area contributed by atoms with Crippen molar-refractivity contribution in [3.63, 3.8) is 0 Å². The maximum Gasteiger partial charge on any atom is 0.115 e. The lowest BCUT2D eigenvalue weighted by molar-refractivity contribution is 0.375. The van der Waals surface area contributed by atoms with Gasteiger partial charge in [0.05, 0.1) is 0 Å². The summed E-state index contributed by atoms with van der Waals surface area (Å²) in [4.78, 5) is 0. The van der Waals surface area contributed by atoms with Gasteiger partial charge in [0.2, 0.25) is 0 Å². The highest BCUT2D eigenvalue weighted by Gasteiger charge is 2.20. The maximum atomic E-state index is 9.29. The molecule has 0 saturated heterocycles. The first-order valence-corrected chi connectivity index (χ1v) is 6.75. The Balaban J connectivity index is 1.90. The summed E-state index contributed by atoms with van der Waals surface area (Å²) >= 11 is 0. The smallest absolute Gasteiger partial charge is 0.115 e. The topological polar surface area (TPSA) is 20.2 Å². The summed E-state index contributed by atoms with van der Waals surface area (Å²) in [5, 5.41) is 9.29.